The number of nitrogens with zero attached hydrogens (tertiary/aromatic N) is 2. The standard InChI is InChI=1S/C50H30N2O/c1-2-14-33(15-3-1)52(34-26-24-32(25-27-34)49-51-47-39-19-10-12-31-13-11-20-40(46(31)39)48(47)53-49)35-28-29-45-41(30-35)38-18-6-9-23-44(38)50(45)42-21-7-4-16-36(42)37-17-5-8-22-43(37)50/h1-30H. The quantitative estimate of drug-likeness (QED) is 0.186. The SMILES string of the molecule is c1ccc(N(c2ccc(-c3nc4c(o3)-c3cccc5cccc-4c35)cc2)c2ccc3c(c2)-c2ccccc2C32c3ccccc3-c3ccccc32)cc1. The van der Waals surface area contributed by atoms with Gasteiger partial charge in [0.1, 0.15) is 5.69 Å². The van der Waals surface area contributed by atoms with Gasteiger partial charge in [-0.2, -0.15) is 0 Å². The highest BCUT2D eigenvalue weighted by Gasteiger charge is 2.51. The highest BCUT2D eigenvalue weighted by atomic mass is 16.4. The molecule has 0 amide bonds. The fourth-order valence-corrected chi connectivity index (χ4v) is 9.54. The molecule has 0 saturated carbocycles. The van der Waals surface area contributed by atoms with Crippen LogP contribution in [-0.2, 0) is 5.41 Å². The van der Waals surface area contributed by atoms with E-state index in [2.05, 4.69) is 187 Å². The van der Waals surface area contributed by atoms with Crippen LogP contribution in [0.5, 0.6) is 0 Å². The van der Waals surface area contributed by atoms with Crippen molar-refractivity contribution >= 4 is 27.8 Å². The topological polar surface area (TPSA) is 29.3 Å². The minimum Gasteiger partial charge on any atom is -0.435 e. The molecular weight excluding hydrogens is 645 g/mol. The van der Waals surface area contributed by atoms with Gasteiger partial charge in [-0.3, -0.25) is 0 Å². The average molecular weight is 675 g/mol. The molecule has 53 heavy (non-hydrogen) atoms. The van der Waals surface area contributed by atoms with Crippen molar-refractivity contribution in [2.24, 2.45) is 0 Å². The summed E-state index contributed by atoms with van der Waals surface area (Å²) >= 11 is 0. The smallest absolute Gasteiger partial charge is 0.227 e. The number of hydrogen-bond acceptors (Lipinski definition) is 3. The number of rotatable bonds is 4. The maximum absolute atomic E-state index is 6.51. The van der Waals surface area contributed by atoms with Gasteiger partial charge in [-0.1, -0.05) is 133 Å². The molecule has 0 bridgehead atoms. The van der Waals surface area contributed by atoms with Crippen molar-refractivity contribution in [3.63, 3.8) is 0 Å². The molecule has 12 rings (SSSR count). The van der Waals surface area contributed by atoms with Crippen molar-refractivity contribution in [3.05, 3.63) is 204 Å². The number of aromatic nitrogens is 1. The zero-order chi connectivity index (χ0) is 34.7. The second kappa shape index (κ2) is 10.5. The van der Waals surface area contributed by atoms with Crippen LogP contribution in [0.15, 0.2) is 186 Å². The fraction of sp³-hybridized carbons (Fsp3) is 0.0200. The van der Waals surface area contributed by atoms with E-state index in [1.807, 2.05) is 0 Å². The number of hydrogen-bond donors (Lipinski definition) is 0. The molecule has 246 valence electrons. The molecule has 0 fully saturated rings. The van der Waals surface area contributed by atoms with E-state index in [1.165, 1.54) is 55.3 Å². The monoisotopic (exact) mass is 674 g/mol. The van der Waals surface area contributed by atoms with Crippen LogP contribution in [0.3, 0.4) is 0 Å². The van der Waals surface area contributed by atoms with Gasteiger partial charge in [-0.25, -0.2) is 4.98 Å². The summed E-state index contributed by atoms with van der Waals surface area (Å²) in [4.78, 5) is 7.39. The molecule has 8 aromatic carbocycles. The van der Waals surface area contributed by atoms with E-state index in [9.17, 15) is 0 Å². The largest absolute Gasteiger partial charge is 0.435 e. The van der Waals surface area contributed by atoms with Crippen LogP contribution in [0.25, 0.3) is 67.1 Å². The molecule has 0 saturated heterocycles. The molecule has 1 spiro atoms. The van der Waals surface area contributed by atoms with Gasteiger partial charge in [-0.15, -0.1) is 0 Å². The zero-order valence-corrected chi connectivity index (χ0v) is 28.6. The van der Waals surface area contributed by atoms with Crippen LogP contribution in [0, 0.1) is 0 Å². The maximum atomic E-state index is 6.51. The van der Waals surface area contributed by atoms with Crippen molar-refractivity contribution in [1.29, 1.82) is 0 Å². The third-order valence-corrected chi connectivity index (χ3v) is 11.7. The lowest BCUT2D eigenvalue weighted by Gasteiger charge is -2.31. The Kier molecular flexibility index (Phi) is 5.70. The molecule has 0 unspecified atom stereocenters. The Hall–Kier alpha value is -6.97. The minimum absolute atomic E-state index is 0.362. The molecule has 1 heterocycles. The van der Waals surface area contributed by atoms with Gasteiger partial charge in [0.05, 0.1) is 5.41 Å². The van der Waals surface area contributed by atoms with Crippen LogP contribution in [0.2, 0.25) is 0 Å². The summed E-state index contributed by atoms with van der Waals surface area (Å²) in [5.74, 6) is 1.49. The molecule has 0 radical (unpaired) electrons. The summed E-state index contributed by atoms with van der Waals surface area (Å²) in [6.07, 6.45) is 0. The first kappa shape index (κ1) is 28.7. The second-order valence-electron chi connectivity index (χ2n) is 14.2. The Morgan fingerprint density at radius 3 is 1.62 bits per heavy atom. The first-order chi connectivity index (χ1) is 26.3. The summed E-state index contributed by atoms with van der Waals surface area (Å²) in [6.45, 7) is 0. The van der Waals surface area contributed by atoms with E-state index in [1.54, 1.807) is 0 Å². The number of anilines is 3. The molecule has 0 atom stereocenters. The normalized spacial score (nSPS) is 13.4. The first-order valence-electron chi connectivity index (χ1n) is 18.2. The maximum Gasteiger partial charge on any atom is 0.227 e. The van der Waals surface area contributed by atoms with Crippen LogP contribution < -0.4 is 4.90 Å². The Balaban J connectivity index is 0.991. The van der Waals surface area contributed by atoms with Gasteiger partial charge < -0.3 is 9.32 Å². The van der Waals surface area contributed by atoms with Crippen LogP contribution >= 0.6 is 0 Å². The van der Waals surface area contributed by atoms with E-state index in [-0.39, 0.29) is 5.41 Å². The Labute approximate surface area is 307 Å². The average Bonchev–Trinajstić information content (AvgIpc) is 3.95. The van der Waals surface area contributed by atoms with E-state index < -0.39 is 0 Å². The van der Waals surface area contributed by atoms with Gasteiger partial charge in [0.2, 0.25) is 5.89 Å². The molecule has 9 aromatic rings. The molecule has 3 nitrogen and oxygen atoms in total. The van der Waals surface area contributed by atoms with Crippen molar-refractivity contribution in [3.8, 4) is 56.3 Å². The highest BCUT2D eigenvalue weighted by molar-refractivity contribution is 6.13. The van der Waals surface area contributed by atoms with Gasteiger partial charge in [0.25, 0.3) is 0 Å². The number of benzene rings is 8. The molecule has 0 N–H and O–H groups in total. The number of para-hydroxylation sites is 1. The fourth-order valence-electron chi connectivity index (χ4n) is 9.54. The Bertz CT molecular complexity index is 2850. The summed E-state index contributed by atoms with van der Waals surface area (Å²) in [7, 11) is 0. The van der Waals surface area contributed by atoms with Gasteiger partial charge in [0, 0.05) is 39.1 Å². The molecule has 0 aliphatic heterocycles. The number of fused-ring (bicyclic) bond motifs is 13. The molecule has 3 aliphatic rings. The van der Waals surface area contributed by atoms with E-state index >= 15 is 0 Å². The van der Waals surface area contributed by atoms with Crippen molar-refractivity contribution in [1.82, 2.24) is 4.98 Å². The van der Waals surface area contributed by atoms with E-state index in [0.29, 0.717) is 5.89 Å². The Morgan fingerprint density at radius 2 is 0.943 bits per heavy atom. The first-order valence-corrected chi connectivity index (χ1v) is 18.2. The Morgan fingerprint density at radius 1 is 0.415 bits per heavy atom. The predicted molar refractivity (Wildman–Crippen MR) is 215 cm³/mol. The van der Waals surface area contributed by atoms with E-state index in [0.717, 1.165) is 45.2 Å². The lowest BCUT2D eigenvalue weighted by Crippen LogP contribution is -2.25. The van der Waals surface area contributed by atoms with Crippen molar-refractivity contribution in [2.75, 3.05) is 4.90 Å². The summed E-state index contributed by atoms with van der Waals surface area (Å²) < 4.78 is 6.51. The van der Waals surface area contributed by atoms with Crippen molar-refractivity contribution in [2.45, 2.75) is 5.41 Å². The zero-order valence-electron chi connectivity index (χ0n) is 28.6. The van der Waals surface area contributed by atoms with Crippen LogP contribution in [0.1, 0.15) is 22.3 Å². The summed E-state index contributed by atoms with van der Waals surface area (Å²) in [5.41, 5.74) is 17.6. The lowest BCUT2D eigenvalue weighted by atomic mass is 9.70. The van der Waals surface area contributed by atoms with E-state index in [4.69, 9.17) is 9.40 Å². The summed E-state index contributed by atoms with van der Waals surface area (Å²) in [5, 5.41) is 2.43. The van der Waals surface area contributed by atoms with Gasteiger partial charge in [-0.05, 0) is 98.4 Å². The minimum atomic E-state index is -0.362. The second-order valence-corrected chi connectivity index (χ2v) is 14.2. The summed E-state index contributed by atoms with van der Waals surface area (Å²) in [6, 6.07) is 66.0. The van der Waals surface area contributed by atoms with Gasteiger partial charge >= 0.3 is 0 Å². The number of oxazole rings is 1. The molecule has 3 heteroatoms. The van der Waals surface area contributed by atoms with Crippen LogP contribution in [-0.4, -0.2) is 4.98 Å². The highest BCUT2D eigenvalue weighted by Crippen LogP contribution is 2.63. The van der Waals surface area contributed by atoms with Gasteiger partial charge in [0.15, 0.2) is 5.76 Å². The van der Waals surface area contributed by atoms with Crippen molar-refractivity contribution < 1.29 is 4.42 Å². The molecule has 1 aromatic heterocycles. The molecule has 3 aliphatic carbocycles. The lowest BCUT2D eigenvalue weighted by molar-refractivity contribution is 0.590. The predicted octanol–water partition coefficient (Wildman–Crippen LogP) is 13.0. The van der Waals surface area contributed by atoms with Crippen LogP contribution in [0.4, 0.5) is 17.1 Å². The third-order valence-electron chi connectivity index (χ3n) is 11.7. The third kappa shape index (κ3) is 3.75. The molecular formula is C50H30N2O.